The second-order valence-corrected chi connectivity index (χ2v) is 7.12. The van der Waals surface area contributed by atoms with Crippen molar-refractivity contribution in [2.75, 3.05) is 16.4 Å². The molecule has 8 heteroatoms. The van der Waals surface area contributed by atoms with Gasteiger partial charge in [0.15, 0.2) is 5.11 Å². The first-order valence-corrected chi connectivity index (χ1v) is 9.62. The van der Waals surface area contributed by atoms with Gasteiger partial charge in [0.1, 0.15) is 0 Å². The molecule has 0 aliphatic heterocycles. The molecule has 0 aliphatic rings. The van der Waals surface area contributed by atoms with Crippen LogP contribution in [-0.2, 0) is 9.59 Å². The number of carbonyl (C=O) groups excluding carboxylic acids is 2. The van der Waals surface area contributed by atoms with E-state index in [-0.39, 0.29) is 22.7 Å². The summed E-state index contributed by atoms with van der Waals surface area (Å²) in [5, 5.41) is 9.18. The molecular weight excluding hydrogens is 390 g/mol. The number of carbonyl (C=O) groups is 2. The Morgan fingerprint density at radius 3 is 2.35 bits per heavy atom. The van der Waals surface area contributed by atoms with Crippen LogP contribution in [0.5, 0.6) is 0 Å². The van der Waals surface area contributed by atoms with Gasteiger partial charge in [-0.05, 0) is 54.7 Å². The number of amides is 2. The van der Waals surface area contributed by atoms with Crippen molar-refractivity contribution in [2.24, 2.45) is 0 Å². The van der Waals surface area contributed by atoms with Crippen molar-refractivity contribution < 1.29 is 9.59 Å². The Balaban J connectivity index is 1.82. The highest BCUT2D eigenvalue weighted by molar-refractivity contribution is 8.00. The third-order valence-corrected chi connectivity index (χ3v) is 4.63. The van der Waals surface area contributed by atoms with Crippen LogP contribution in [-0.4, -0.2) is 22.7 Å². The van der Waals surface area contributed by atoms with Gasteiger partial charge in [0.05, 0.1) is 5.75 Å². The van der Waals surface area contributed by atoms with Gasteiger partial charge in [-0.2, -0.15) is 0 Å². The standard InChI is InChI=1S/C18H18ClN3O2S2/c1-2-16(23)20-13-4-3-5-14(10-13)21-18(25)22-17(24)11-26-15-8-6-12(19)7-9-15/h3-10H,2,11H2,1H3,(H,20,23)(H2,21,22,24,25). The lowest BCUT2D eigenvalue weighted by Gasteiger charge is -2.11. The van der Waals surface area contributed by atoms with Crippen molar-refractivity contribution in [1.82, 2.24) is 5.32 Å². The fraction of sp³-hybridized carbons (Fsp3) is 0.167. The molecule has 2 aromatic rings. The first-order chi connectivity index (χ1) is 12.5. The topological polar surface area (TPSA) is 70.2 Å². The van der Waals surface area contributed by atoms with E-state index in [9.17, 15) is 9.59 Å². The number of halogens is 1. The molecule has 2 aromatic carbocycles. The summed E-state index contributed by atoms with van der Waals surface area (Å²) in [7, 11) is 0. The van der Waals surface area contributed by atoms with Gasteiger partial charge in [-0.1, -0.05) is 24.6 Å². The summed E-state index contributed by atoms with van der Waals surface area (Å²) in [6.07, 6.45) is 0.400. The zero-order valence-corrected chi connectivity index (χ0v) is 16.4. The number of rotatable bonds is 6. The zero-order chi connectivity index (χ0) is 18.9. The molecule has 0 aliphatic carbocycles. The van der Waals surface area contributed by atoms with Crippen LogP contribution in [0.4, 0.5) is 11.4 Å². The lowest BCUT2D eigenvalue weighted by atomic mass is 10.2. The van der Waals surface area contributed by atoms with Crippen LogP contribution >= 0.6 is 35.6 Å². The summed E-state index contributed by atoms with van der Waals surface area (Å²) in [5.74, 6) is -0.0501. The van der Waals surface area contributed by atoms with Crippen LogP contribution in [0.2, 0.25) is 5.02 Å². The highest BCUT2D eigenvalue weighted by Gasteiger charge is 2.07. The zero-order valence-electron chi connectivity index (χ0n) is 14.0. The molecule has 0 aromatic heterocycles. The summed E-state index contributed by atoms with van der Waals surface area (Å²) < 4.78 is 0. The molecule has 0 radical (unpaired) electrons. The summed E-state index contributed by atoms with van der Waals surface area (Å²) in [6, 6.07) is 14.4. The van der Waals surface area contributed by atoms with Crippen LogP contribution in [0.25, 0.3) is 0 Å². The predicted molar refractivity (Wildman–Crippen MR) is 112 cm³/mol. The maximum absolute atomic E-state index is 12.0. The van der Waals surface area contributed by atoms with E-state index in [4.69, 9.17) is 23.8 Å². The quantitative estimate of drug-likeness (QED) is 0.492. The molecule has 26 heavy (non-hydrogen) atoms. The van der Waals surface area contributed by atoms with E-state index in [0.29, 0.717) is 22.8 Å². The Morgan fingerprint density at radius 1 is 1.04 bits per heavy atom. The largest absolute Gasteiger partial charge is 0.332 e. The van der Waals surface area contributed by atoms with E-state index >= 15 is 0 Å². The number of hydrogen-bond donors (Lipinski definition) is 3. The first kappa shape index (κ1) is 20.2. The average molecular weight is 408 g/mol. The molecule has 0 saturated heterocycles. The lowest BCUT2D eigenvalue weighted by Crippen LogP contribution is -2.35. The van der Waals surface area contributed by atoms with E-state index in [1.807, 2.05) is 12.1 Å². The average Bonchev–Trinajstić information content (AvgIpc) is 2.61. The molecule has 0 unspecified atom stereocenters. The van der Waals surface area contributed by atoms with Crippen molar-refractivity contribution in [2.45, 2.75) is 18.2 Å². The molecule has 2 amide bonds. The minimum atomic E-state index is -0.210. The Hall–Kier alpha value is -2.09. The molecule has 0 heterocycles. The molecule has 0 atom stereocenters. The highest BCUT2D eigenvalue weighted by Crippen LogP contribution is 2.20. The number of thiocarbonyl (C=S) groups is 1. The van der Waals surface area contributed by atoms with Gasteiger partial charge in [-0.15, -0.1) is 11.8 Å². The Bertz CT molecular complexity index is 797. The van der Waals surface area contributed by atoms with Crippen molar-refractivity contribution in [3.8, 4) is 0 Å². The van der Waals surface area contributed by atoms with Crippen LogP contribution in [0, 0.1) is 0 Å². The monoisotopic (exact) mass is 407 g/mol. The van der Waals surface area contributed by atoms with Crippen molar-refractivity contribution in [3.05, 3.63) is 53.6 Å². The minimum absolute atomic E-state index is 0.0720. The van der Waals surface area contributed by atoms with E-state index in [0.717, 1.165) is 4.90 Å². The van der Waals surface area contributed by atoms with Crippen molar-refractivity contribution in [3.63, 3.8) is 0 Å². The number of thioether (sulfide) groups is 1. The lowest BCUT2D eigenvalue weighted by molar-refractivity contribution is -0.117. The van der Waals surface area contributed by atoms with Crippen LogP contribution in [0.15, 0.2) is 53.4 Å². The van der Waals surface area contributed by atoms with E-state index in [2.05, 4.69) is 16.0 Å². The third-order valence-electron chi connectivity index (χ3n) is 3.16. The van der Waals surface area contributed by atoms with Crippen LogP contribution in [0.1, 0.15) is 13.3 Å². The number of nitrogens with one attached hydrogen (secondary N) is 3. The fourth-order valence-electron chi connectivity index (χ4n) is 1.93. The number of hydrogen-bond acceptors (Lipinski definition) is 4. The minimum Gasteiger partial charge on any atom is -0.332 e. The summed E-state index contributed by atoms with van der Waals surface area (Å²) >= 11 is 12.4. The molecular formula is C18H18ClN3O2S2. The van der Waals surface area contributed by atoms with Gasteiger partial charge in [-0.3, -0.25) is 9.59 Å². The van der Waals surface area contributed by atoms with Crippen LogP contribution in [0.3, 0.4) is 0 Å². The molecule has 2 rings (SSSR count). The Kier molecular flexibility index (Phi) is 7.90. The second-order valence-electron chi connectivity index (χ2n) is 5.23. The number of benzene rings is 2. The normalized spacial score (nSPS) is 10.1. The first-order valence-electron chi connectivity index (χ1n) is 7.85. The van der Waals surface area contributed by atoms with E-state index in [1.165, 1.54) is 11.8 Å². The SMILES string of the molecule is CCC(=O)Nc1cccc(NC(=S)NC(=O)CSc2ccc(Cl)cc2)c1. The van der Waals surface area contributed by atoms with Gasteiger partial charge in [0, 0.05) is 27.7 Å². The smallest absolute Gasteiger partial charge is 0.236 e. The summed E-state index contributed by atoms with van der Waals surface area (Å²) in [5.41, 5.74) is 1.34. The highest BCUT2D eigenvalue weighted by atomic mass is 35.5. The molecule has 0 bridgehead atoms. The van der Waals surface area contributed by atoms with Crippen molar-refractivity contribution >= 4 is 63.9 Å². The van der Waals surface area contributed by atoms with Crippen LogP contribution < -0.4 is 16.0 Å². The fourth-order valence-corrected chi connectivity index (χ4v) is 2.98. The van der Waals surface area contributed by atoms with Crippen molar-refractivity contribution in [1.29, 1.82) is 0 Å². The van der Waals surface area contributed by atoms with Gasteiger partial charge in [-0.25, -0.2) is 0 Å². The molecule has 0 fully saturated rings. The summed E-state index contributed by atoms with van der Waals surface area (Å²) in [4.78, 5) is 24.4. The van der Waals surface area contributed by atoms with E-state index < -0.39 is 0 Å². The summed E-state index contributed by atoms with van der Waals surface area (Å²) in [6.45, 7) is 1.78. The van der Waals surface area contributed by atoms with E-state index in [1.54, 1.807) is 43.3 Å². The molecule has 3 N–H and O–H groups in total. The second kappa shape index (κ2) is 10.2. The van der Waals surface area contributed by atoms with Gasteiger partial charge < -0.3 is 16.0 Å². The molecule has 0 spiro atoms. The predicted octanol–water partition coefficient (Wildman–Crippen LogP) is 4.29. The van der Waals surface area contributed by atoms with Gasteiger partial charge in [0.2, 0.25) is 11.8 Å². The maximum Gasteiger partial charge on any atom is 0.236 e. The molecule has 5 nitrogen and oxygen atoms in total. The molecule has 0 saturated carbocycles. The van der Waals surface area contributed by atoms with Gasteiger partial charge >= 0.3 is 0 Å². The third kappa shape index (κ3) is 7.03. The number of anilines is 2. The Labute approximate surface area is 166 Å². The van der Waals surface area contributed by atoms with Gasteiger partial charge in [0.25, 0.3) is 0 Å². The Morgan fingerprint density at radius 2 is 1.69 bits per heavy atom. The maximum atomic E-state index is 12.0. The molecule has 136 valence electrons.